The van der Waals surface area contributed by atoms with Gasteiger partial charge in [-0.25, -0.2) is 0 Å². The molecule has 4 rings (SSSR count). The van der Waals surface area contributed by atoms with Crippen molar-refractivity contribution in [1.82, 2.24) is 14.7 Å². The Kier molecular flexibility index (Phi) is 6.12. The summed E-state index contributed by atoms with van der Waals surface area (Å²) in [5, 5.41) is 4.53. The average Bonchev–Trinajstić information content (AvgIpc) is 3.07. The molecule has 0 radical (unpaired) electrons. The molecular weight excluding hydrogens is 386 g/mol. The van der Waals surface area contributed by atoms with E-state index < -0.39 is 0 Å². The zero-order valence-corrected chi connectivity index (χ0v) is 18.9. The molecule has 1 aliphatic heterocycles. The fourth-order valence-electron chi connectivity index (χ4n) is 4.15. The van der Waals surface area contributed by atoms with Gasteiger partial charge in [-0.05, 0) is 74.7 Å². The molecule has 5 heteroatoms. The van der Waals surface area contributed by atoms with Crippen molar-refractivity contribution < 1.29 is 9.53 Å². The first-order valence-corrected chi connectivity index (χ1v) is 11.0. The van der Waals surface area contributed by atoms with Crippen molar-refractivity contribution in [2.24, 2.45) is 0 Å². The van der Waals surface area contributed by atoms with Crippen molar-refractivity contribution in [3.05, 3.63) is 82.2 Å². The molecule has 0 saturated carbocycles. The molecular formula is C26H31N3O2. The van der Waals surface area contributed by atoms with Crippen LogP contribution in [0.4, 0.5) is 0 Å². The summed E-state index contributed by atoms with van der Waals surface area (Å²) in [6, 6.07) is 16.2. The van der Waals surface area contributed by atoms with Gasteiger partial charge in [-0.2, -0.15) is 5.10 Å². The summed E-state index contributed by atoms with van der Waals surface area (Å²) in [7, 11) is 0. The van der Waals surface area contributed by atoms with Crippen LogP contribution < -0.4 is 4.74 Å². The van der Waals surface area contributed by atoms with Crippen LogP contribution in [0.2, 0.25) is 0 Å². The highest BCUT2D eigenvalue weighted by atomic mass is 16.5. The number of piperidine rings is 1. The number of nitrogens with zero attached hydrogens (tertiary/aromatic N) is 3. The van der Waals surface area contributed by atoms with Gasteiger partial charge < -0.3 is 9.64 Å². The van der Waals surface area contributed by atoms with Gasteiger partial charge in [0.05, 0.1) is 12.2 Å². The molecule has 31 heavy (non-hydrogen) atoms. The van der Waals surface area contributed by atoms with Crippen molar-refractivity contribution in [1.29, 1.82) is 0 Å². The first kappa shape index (κ1) is 21.2. The fourth-order valence-corrected chi connectivity index (χ4v) is 4.15. The molecule has 2 heterocycles. The van der Waals surface area contributed by atoms with Crippen molar-refractivity contribution in [2.45, 2.75) is 53.2 Å². The van der Waals surface area contributed by atoms with Crippen LogP contribution >= 0.6 is 0 Å². The number of benzene rings is 2. The number of amides is 1. The van der Waals surface area contributed by atoms with E-state index in [1.165, 1.54) is 11.1 Å². The van der Waals surface area contributed by atoms with E-state index >= 15 is 0 Å². The lowest BCUT2D eigenvalue weighted by Gasteiger charge is -2.32. The van der Waals surface area contributed by atoms with E-state index in [4.69, 9.17) is 4.74 Å². The van der Waals surface area contributed by atoms with Crippen LogP contribution in [0.25, 0.3) is 0 Å². The summed E-state index contributed by atoms with van der Waals surface area (Å²) in [5.41, 5.74) is 6.48. The highest BCUT2D eigenvalue weighted by molar-refractivity contribution is 5.94. The smallest absolute Gasteiger partial charge is 0.253 e. The van der Waals surface area contributed by atoms with Crippen molar-refractivity contribution >= 4 is 5.91 Å². The monoisotopic (exact) mass is 417 g/mol. The molecule has 0 N–H and O–H groups in total. The summed E-state index contributed by atoms with van der Waals surface area (Å²) < 4.78 is 8.16. The maximum absolute atomic E-state index is 13.1. The summed E-state index contributed by atoms with van der Waals surface area (Å²) in [4.78, 5) is 15.0. The van der Waals surface area contributed by atoms with Gasteiger partial charge >= 0.3 is 0 Å². The van der Waals surface area contributed by atoms with Gasteiger partial charge in [-0.3, -0.25) is 9.48 Å². The normalized spacial score (nSPS) is 14.6. The highest BCUT2D eigenvalue weighted by Crippen LogP contribution is 2.23. The molecule has 0 bridgehead atoms. The minimum absolute atomic E-state index is 0.0971. The Hall–Kier alpha value is -3.08. The van der Waals surface area contributed by atoms with Gasteiger partial charge in [0.1, 0.15) is 11.9 Å². The second kappa shape index (κ2) is 8.96. The van der Waals surface area contributed by atoms with Crippen LogP contribution in [0.3, 0.4) is 0 Å². The maximum Gasteiger partial charge on any atom is 0.253 e. The van der Waals surface area contributed by atoms with Crippen LogP contribution in [0.5, 0.6) is 5.75 Å². The van der Waals surface area contributed by atoms with Crippen LogP contribution in [-0.4, -0.2) is 39.8 Å². The van der Waals surface area contributed by atoms with E-state index in [1.807, 2.05) is 40.8 Å². The predicted molar refractivity (Wildman–Crippen MR) is 123 cm³/mol. The lowest BCUT2D eigenvalue weighted by atomic mass is 10.0. The molecule has 1 amide bonds. The zero-order valence-electron chi connectivity index (χ0n) is 18.9. The minimum Gasteiger partial charge on any atom is -0.490 e. The van der Waals surface area contributed by atoms with Crippen molar-refractivity contribution in [3.63, 3.8) is 0 Å². The highest BCUT2D eigenvalue weighted by Gasteiger charge is 2.25. The SMILES string of the molecule is Cc1cc(C)n(Cc2cccc(C(=O)N3CCC(Oc4ccc(C)c(C)c4)CC3)c2)n1. The number of aromatic nitrogens is 2. The molecule has 5 nitrogen and oxygen atoms in total. The van der Waals surface area contributed by atoms with Gasteiger partial charge in [0, 0.05) is 37.2 Å². The number of carbonyl (C=O) groups is 1. The van der Waals surface area contributed by atoms with Crippen LogP contribution in [0.1, 0.15) is 51.3 Å². The summed E-state index contributed by atoms with van der Waals surface area (Å²) in [6.07, 6.45) is 1.86. The van der Waals surface area contributed by atoms with Crippen LogP contribution in [-0.2, 0) is 6.54 Å². The maximum atomic E-state index is 13.1. The predicted octanol–water partition coefficient (Wildman–Crippen LogP) is 4.85. The second-order valence-corrected chi connectivity index (χ2v) is 8.64. The van der Waals surface area contributed by atoms with Crippen LogP contribution in [0, 0.1) is 27.7 Å². The molecule has 0 atom stereocenters. The van der Waals surface area contributed by atoms with Gasteiger partial charge in [0.15, 0.2) is 0 Å². The fraction of sp³-hybridized carbons (Fsp3) is 0.385. The van der Waals surface area contributed by atoms with E-state index in [0.29, 0.717) is 6.54 Å². The van der Waals surface area contributed by atoms with E-state index in [0.717, 1.165) is 54.2 Å². The Morgan fingerprint density at radius 3 is 2.45 bits per heavy atom. The number of hydrogen-bond donors (Lipinski definition) is 0. The van der Waals surface area contributed by atoms with Crippen molar-refractivity contribution in [2.75, 3.05) is 13.1 Å². The molecule has 0 spiro atoms. The molecule has 1 saturated heterocycles. The topological polar surface area (TPSA) is 47.4 Å². The lowest BCUT2D eigenvalue weighted by Crippen LogP contribution is -2.41. The minimum atomic E-state index is 0.0971. The number of carbonyl (C=O) groups excluding carboxylic acids is 1. The molecule has 1 fully saturated rings. The number of ether oxygens (including phenoxy) is 1. The van der Waals surface area contributed by atoms with Crippen LogP contribution in [0.15, 0.2) is 48.5 Å². The third-order valence-corrected chi connectivity index (χ3v) is 6.12. The summed E-state index contributed by atoms with van der Waals surface area (Å²) in [5.74, 6) is 1.02. The zero-order chi connectivity index (χ0) is 22.0. The van der Waals surface area contributed by atoms with Crippen molar-refractivity contribution in [3.8, 4) is 5.75 Å². The van der Waals surface area contributed by atoms with E-state index in [-0.39, 0.29) is 12.0 Å². The second-order valence-electron chi connectivity index (χ2n) is 8.64. The first-order valence-electron chi connectivity index (χ1n) is 11.0. The lowest BCUT2D eigenvalue weighted by molar-refractivity contribution is 0.0595. The largest absolute Gasteiger partial charge is 0.490 e. The van der Waals surface area contributed by atoms with Gasteiger partial charge in [-0.1, -0.05) is 18.2 Å². The Morgan fingerprint density at radius 1 is 1.00 bits per heavy atom. The molecule has 162 valence electrons. The quantitative estimate of drug-likeness (QED) is 0.596. The standard InChI is InChI=1S/C26H31N3O2/c1-18-8-9-25(14-19(18)2)31-24-10-12-28(13-11-24)26(30)23-7-5-6-22(16-23)17-29-21(4)15-20(3)27-29/h5-9,14-16,24H,10-13,17H2,1-4H3. The molecule has 3 aromatic rings. The number of rotatable bonds is 5. The number of aryl methyl sites for hydroxylation is 4. The first-order chi connectivity index (χ1) is 14.9. The third-order valence-electron chi connectivity index (χ3n) is 6.12. The Morgan fingerprint density at radius 2 is 1.77 bits per heavy atom. The summed E-state index contributed by atoms with van der Waals surface area (Å²) in [6.45, 7) is 10.4. The average molecular weight is 418 g/mol. The van der Waals surface area contributed by atoms with E-state index in [2.05, 4.69) is 50.1 Å². The summed E-state index contributed by atoms with van der Waals surface area (Å²) >= 11 is 0. The molecule has 1 aromatic heterocycles. The molecule has 1 aliphatic rings. The molecule has 2 aromatic carbocycles. The van der Waals surface area contributed by atoms with E-state index in [9.17, 15) is 4.79 Å². The Labute approximate surface area is 184 Å². The molecule has 0 unspecified atom stereocenters. The van der Waals surface area contributed by atoms with Gasteiger partial charge in [0.2, 0.25) is 0 Å². The van der Waals surface area contributed by atoms with Gasteiger partial charge in [0.25, 0.3) is 5.91 Å². The number of hydrogen-bond acceptors (Lipinski definition) is 3. The van der Waals surface area contributed by atoms with Gasteiger partial charge in [-0.15, -0.1) is 0 Å². The van der Waals surface area contributed by atoms with E-state index in [1.54, 1.807) is 0 Å². The Balaban J connectivity index is 1.36. The molecule has 0 aliphatic carbocycles. The number of likely N-dealkylation sites (tertiary alicyclic amines) is 1. The third kappa shape index (κ3) is 4.98. The Bertz CT molecular complexity index is 1080.